The quantitative estimate of drug-likeness (QED) is 0.723. The third-order valence-electron chi connectivity index (χ3n) is 4.12. The third kappa shape index (κ3) is 2.02. The van der Waals surface area contributed by atoms with Gasteiger partial charge in [-0.2, -0.15) is 0 Å². The minimum atomic E-state index is -0.261. The molecule has 0 unspecified atom stereocenters. The van der Waals surface area contributed by atoms with Gasteiger partial charge in [-0.15, -0.1) is 0 Å². The number of H-pyrrole nitrogens is 2. The Hall–Kier alpha value is -2.82. The van der Waals surface area contributed by atoms with Crippen molar-refractivity contribution in [2.45, 2.75) is 12.8 Å². The number of aromatic amines is 2. The molecular formula is C17H15N3O2. The smallest absolute Gasteiger partial charge is 0.308 e. The molecule has 5 nitrogen and oxygen atoms in total. The molecule has 0 radical (unpaired) electrons. The molecule has 22 heavy (non-hydrogen) atoms. The van der Waals surface area contributed by atoms with Gasteiger partial charge < -0.3 is 14.9 Å². The van der Waals surface area contributed by atoms with Crippen molar-refractivity contribution in [3.8, 4) is 0 Å². The average molecular weight is 293 g/mol. The van der Waals surface area contributed by atoms with Gasteiger partial charge in [0.05, 0.1) is 11.0 Å². The van der Waals surface area contributed by atoms with E-state index in [9.17, 15) is 9.59 Å². The number of para-hydroxylation sites is 1. The summed E-state index contributed by atoms with van der Waals surface area (Å²) in [5.41, 5.74) is 3.88. The topological polar surface area (TPSA) is 69.0 Å². The summed E-state index contributed by atoms with van der Waals surface area (Å²) in [6.45, 7) is 0.720. The van der Waals surface area contributed by atoms with Crippen molar-refractivity contribution >= 4 is 22.6 Å². The summed E-state index contributed by atoms with van der Waals surface area (Å²) in [6.07, 6.45) is 1.97. The molecule has 110 valence electrons. The first-order valence-corrected chi connectivity index (χ1v) is 7.34. The van der Waals surface area contributed by atoms with Crippen LogP contribution in [0.1, 0.15) is 22.3 Å². The Balaban J connectivity index is 1.76. The molecule has 2 heterocycles. The minimum Gasteiger partial charge on any atom is -0.308 e. The number of hydrogen-bond acceptors (Lipinski definition) is 2. The van der Waals surface area contributed by atoms with Crippen LogP contribution < -0.4 is 10.6 Å². The third-order valence-corrected chi connectivity index (χ3v) is 4.12. The molecule has 0 atom stereocenters. The zero-order valence-electron chi connectivity index (χ0n) is 11.9. The van der Waals surface area contributed by atoms with E-state index in [4.69, 9.17) is 0 Å². The van der Waals surface area contributed by atoms with Crippen molar-refractivity contribution in [2.75, 3.05) is 11.4 Å². The number of fused-ring (bicyclic) bond motifs is 2. The van der Waals surface area contributed by atoms with E-state index >= 15 is 0 Å². The van der Waals surface area contributed by atoms with Gasteiger partial charge in [0.15, 0.2) is 0 Å². The lowest BCUT2D eigenvalue weighted by molar-refractivity contribution is 0.0985. The monoisotopic (exact) mass is 293 g/mol. The first-order valence-electron chi connectivity index (χ1n) is 7.34. The summed E-state index contributed by atoms with van der Waals surface area (Å²) in [6, 6.07) is 13.3. The molecule has 2 N–H and O–H groups in total. The number of aromatic nitrogens is 2. The number of nitrogens with zero attached hydrogens (tertiary/aromatic N) is 1. The number of hydrogen-bond donors (Lipinski definition) is 2. The van der Waals surface area contributed by atoms with Gasteiger partial charge in [-0.1, -0.05) is 18.2 Å². The van der Waals surface area contributed by atoms with Gasteiger partial charge in [0.25, 0.3) is 5.91 Å². The molecule has 0 spiro atoms. The second-order valence-electron chi connectivity index (χ2n) is 5.53. The summed E-state index contributed by atoms with van der Waals surface area (Å²) in [7, 11) is 0. The Kier molecular flexibility index (Phi) is 2.85. The van der Waals surface area contributed by atoms with Crippen molar-refractivity contribution in [3.63, 3.8) is 0 Å². The van der Waals surface area contributed by atoms with Crippen LogP contribution in [0.5, 0.6) is 0 Å². The number of aryl methyl sites for hydroxylation is 1. The first kappa shape index (κ1) is 12.9. The van der Waals surface area contributed by atoms with Crippen LogP contribution >= 0.6 is 0 Å². The van der Waals surface area contributed by atoms with Gasteiger partial charge in [-0.3, -0.25) is 4.79 Å². The minimum absolute atomic E-state index is 0.0314. The molecule has 4 rings (SSSR count). The van der Waals surface area contributed by atoms with Crippen LogP contribution in [-0.4, -0.2) is 22.4 Å². The number of nitrogens with one attached hydrogen (secondary N) is 2. The van der Waals surface area contributed by atoms with Crippen molar-refractivity contribution in [3.05, 3.63) is 64.1 Å². The molecule has 1 aliphatic rings. The van der Waals surface area contributed by atoms with Crippen LogP contribution in [0, 0.1) is 0 Å². The lowest BCUT2D eigenvalue weighted by Crippen LogP contribution is -2.35. The Morgan fingerprint density at radius 2 is 1.86 bits per heavy atom. The van der Waals surface area contributed by atoms with Gasteiger partial charge in [-0.05, 0) is 42.7 Å². The predicted octanol–water partition coefficient (Wildman–Crippen LogP) is 2.45. The molecule has 5 heteroatoms. The number of benzene rings is 2. The number of rotatable bonds is 1. The van der Waals surface area contributed by atoms with E-state index in [1.54, 1.807) is 18.2 Å². The highest BCUT2D eigenvalue weighted by Gasteiger charge is 2.23. The maximum absolute atomic E-state index is 12.8. The maximum atomic E-state index is 12.8. The molecule has 0 aliphatic carbocycles. The molecule has 2 aromatic carbocycles. The van der Waals surface area contributed by atoms with Gasteiger partial charge in [-0.25, -0.2) is 4.79 Å². The van der Waals surface area contributed by atoms with Crippen LogP contribution in [-0.2, 0) is 6.42 Å². The molecule has 0 bridgehead atoms. The van der Waals surface area contributed by atoms with Gasteiger partial charge in [0.2, 0.25) is 0 Å². The molecule has 1 aliphatic heterocycles. The Morgan fingerprint density at radius 3 is 2.77 bits per heavy atom. The number of imidazole rings is 1. The average Bonchev–Trinajstić information content (AvgIpc) is 2.92. The molecule has 1 aromatic heterocycles. The normalized spacial score (nSPS) is 14.1. The lowest BCUT2D eigenvalue weighted by atomic mass is 10.0. The second-order valence-corrected chi connectivity index (χ2v) is 5.53. The fraction of sp³-hybridized carbons (Fsp3) is 0.176. The van der Waals surface area contributed by atoms with E-state index in [-0.39, 0.29) is 11.6 Å². The van der Waals surface area contributed by atoms with Crippen LogP contribution in [0.4, 0.5) is 5.69 Å². The fourth-order valence-electron chi connectivity index (χ4n) is 3.07. The highest BCUT2D eigenvalue weighted by Crippen LogP contribution is 2.28. The predicted molar refractivity (Wildman–Crippen MR) is 85.4 cm³/mol. The Labute approximate surface area is 126 Å². The summed E-state index contributed by atoms with van der Waals surface area (Å²) in [5, 5.41) is 0. The summed E-state index contributed by atoms with van der Waals surface area (Å²) in [4.78, 5) is 31.4. The van der Waals surface area contributed by atoms with E-state index in [0.717, 1.165) is 25.1 Å². The zero-order chi connectivity index (χ0) is 15.1. The van der Waals surface area contributed by atoms with E-state index in [2.05, 4.69) is 16.0 Å². The van der Waals surface area contributed by atoms with Crippen LogP contribution in [0.3, 0.4) is 0 Å². The number of carbonyl (C=O) groups excluding carboxylic acids is 1. The molecule has 3 aromatic rings. The Bertz CT molecular complexity index is 923. The van der Waals surface area contributed by atoms with E-state index in [1.165, 1.54) is 5.56 Å². The summed E-state index contributed by atoms with van der Waals surface area (Å²) in [5.74, 6) is -0.0314. The van der Waals surface area contributed by atoms with Crippen LogP contribution in [0.2, 0.25) is 0 Å². The molecular weight excluding hydrogens is 278 g/mol. The lowest BCUT2D eigenvalue weighted by Gasteiger charge is -2.29. The maximum Gasteiger partial charge on any atom is 0.323 e. The SMILES string of the molecule is O=C(c1ccc2[nH]c(=O)[nH]c2c1)N1CCCc2ccccc21. The number of amides is 1. The van der Waals surface area contributed by atoms with E-state index in [1.807, 2.05) is 23.1 Å². The van der Waals surface area contributed by atoms with Gasteiger partial charge in [0.1, 0.15) is 0 Å². The van der Waals surface area contributed by atoms with E-state index in [0.29, 0.717) is 16.6 Å². The molecule has 0 saturated carbocycles. The fourth-order valence-corrected chi connectivity index (χ4v) is 3.07. The number of anilines is 1. The van der Waals surface area contributed by atoms with Crippen molar-refractivity contribution < 1.29 is 4.79 Å². The number of carbonyl (C=O) groups is 1. The highest BCUT2D eigenvalue weighted by atomic mass is 16.2. The van der Waals surface area contributed by atoms with Crippen molar-refractivity contribution in [1.29, 1.82) is 0 Å². The molecule has 0 fully saturated rings. The largest absolute Gasteiger partial charge is 0.323 e. The molecule has 1 amide bonds. The van der Waals surface area contributed by atoms with Crippen LogP contribution in [0.25, 0.3) is 11.0 Å². The highest BCUT2D eigenvalue weighted by molar-refractivity contribution is 6.08. The first-order chi connectivity index (χ1) is 10.7. The van der Waals surface area contributed by atoms with Crippen molar-refractivity contribution in [1.82, 2.24) is 9.97 Å². The van der Waals surface area contributed by atoms with E-state index < -0.39 is 0 Å². The molecule has 0 saturated heterocycles. The van der Waals surface area contributed by atoms with Crippen LogP contribution in [0.15, 0.2) is 47.3 Å². The van der Waals surface area contributed by atoms with Gasteiger partial charge in [0, 0.05) is 17.8 Å². The standard InChI is InChI=1S/C17H15N3O2/c21-16(12-7-8-13-14(10-12)19-17(22)18-13)20-9-3-5-11-4-1-2-6-15(11)20/h1-2,4,6-8,10H,3,5,9H2,(H2,18,19,22). The van der Waals surface area contributed by atoms with Gasteiger partial charge >= 0.3 is 5.69 Å². The zero-order valence-corrected chi connectivity index (χ0v) is 11.9. The summed E-state index contributed by atoms with van der Waals surface area (Å²) < 4.78 is 0. The second kappa shape index (κ2) is 4.87. The Morgan fingerprint density at radius 1 is 1.05 bits per heavy atom. The summed E-state index contributed by atoms with van der Waals surface area (Å²) >= 11 is 0. The van der Waals surface area contributed by atoms with Crippen molar-refractivity contribution in [2.24, 2.45) is 0 Å².